The molecule has 0 aromatic heterocycles. The largest absolute Gasteiger partial charge is 0.345 e. The summed E-state index contributed by atoms with van der Waals surface area (Å²) in [5, 5.41) is 6.02. The van der Waals surface area contributed by atoms with Crippen molar-refractivity contribution in [3.8, 4) is 0 Å². The van der Waals surface area contributed by atoms with E-state index in [0.717, 1.165) is 30.8 Å². The lowest BCUT2D eigenvalue weighted by Gasteiger charge is -2.30. The quantitative estimate of drug-likeness (QED) is 0.860. The minimum atomic E-state index is -0.0938. The van der Waals surface area contributed by atoms with Crippen LogP contribution in [-0.4, -0.2) is 38.0 Å². The molecular formula is C16H21N3O2. The van der Waals surface area contributed by atoms with Crippen LogP contribution < -0.4 is 15.5 Å². The Labute approximate surface area is 124 Å². The van der Waals surface area contributed by atoms with Gasteiger partial charge in [-0.05, 0) is 49.9 Å². The first-order valence-electron chi connectivity index (χ1n) is 7.60. The summed E-state index contributed by atoms with van der Waals surface area (Å²) in [5.74, 6) is 0.473. The molecule has 2 aliphatic heterocycles. The molecule has 5 heteroatoms. The van der Waals surface area contributed by atoms with Crippen LogP contribution in [0.4, 0.5) is 5.69 Å². The molecule has 2 aliphatic rings. The van der Waals surface area contributed by atoms with Gasteiger partial charge in [0, 0.05) is 5.69 Å². The molecule has 0 aliphatic carbocycles. The number of benzene rings is 1. The molecule has 2 heterocycles. The Balaban J connectivity index is 1.81. The minimum Gasteiger partial charge on any atom is -0.345 e. The van der Waals surface area contributed by atoms with Crippen molar-refractivity contribution in [3.63, 3.8) is 0 Å². The summed E-state index contributed by atoms with van der Waals surface area (Å²) in [5.41, 5.74) is 2.05. The third kappa shape index (κ3) is 3.24. The Kier molecular flexibility index (Phi) is 4.20. The standard InChI is InChI=1S/C16H21N3O2/c20-15-11-19(16(21)10-18-15)14-6-2-1-5-13(14)8-12-4-3-7-17-9-12/h1-2,5-6,12,17H,3-4,7-11H2,(H,18,20). The van der Waals surface area contributed by atoms with Gasteiger partial charge in [-0.25, -0.2) is 0 Å². The molecule has 0 saturated carbocycles. The first-order valence-corrected chi connectivity index (χ1v) is 7.60. The molecule has 0 spiro atoms. The SMILES string of the molecule is O=C1CN(c2ccccc2CC2CCCNC2)C(=O)CN1. The number of para-hydroxylation sites is 1. The molecule has 112 valence electrons. The van der Waals surface area contributed by atoms with Crippen molar-refractivity contribution < 1.29 is 9.59 Å². The van der Waals surface area contributed by atoms with Gasteiger partial charge < -0.3 is 15.5 Å². The van der Waals surface area contributed by atoms with E-state index in [0.29, 0.717) is 5.92 Å². The van der Waals surface area contributed by atoms with Crippen LogP contribution in [0.2, 0.25) is 0 Å². The van der Waals surface area contributed by atoms with Crippen LogP contribution in [0.15, 0.2) is 24.3 Å². The van der Waals surface area contributed by atoms with Gasteiger partial charge in [0.05, 0.1) is 6.54 Å². The molecule has 21 heavy (non-hydrogen) atoms. The fourth-order valence-electron chi connectivity index (χ4n) is 3.13. The molecular weight excluding hydrogens is 266 g/mol. The minimum absolute atomic E-state index is 0.0381. The van der Waals surface area contributed by atoms with E-state index in [1.807, 2.05) is 18.2 Å². The van der Waals surface area contributed by atoms with Crippen molar-refractivity contribution in [1.82, 2.24) is 10.6 Å². The Bertz CT molecular complexity index is 538. The predicted octanol–water partition coefficient (Wildman–Crippen LogP) is 0.691. The maximum atomic E-state index is 12.1. The first-order chi connectivity index (χ1) is 10.2. The molecule has 1 unspecified atom stereocenters. The fraction of sp³-hybridized carbons (Fsp3) is 0.500. The highest BCUT2D eigenvalue weighted by Gasteiger charge is 2.26. The van der Waals surface area contributed by atoms with E-state index in [9.17, 15) is 9.59 Å². The summed E-state index contributed by atoms with van der Waals surface area (Å²) in [6.45, 7) is 2.35. The maximum Gasteiger partial charge on any atom is 0.246 e. The van der Waals surface area contributed by atoms with Gasteiger partial charge >= 0.3 is 0 Å². The van der Waals surface area contributed by atoms with Gasteiger partial charge in [-0.2, -0.15) is 0 Å². The molecule has 2 saturated heterocycles. The molecule has 1 aromatic rings. The number of nitrogens with zero attached hydrogens (tertiary/aromatic N) is 1. The van der Waals surface area contributed by atoms with Crippen LogP contribution in [-0.2, 0) is 16.0 Å². The second-order valence-corrected chi connectivity index (χ2v) is 5.80. The van der Waals surface area contributed by atoms with Gasteiger partial charge in [0.25, 0.3) is 0 Å². The van der Waals surface area contributed by atoms with E-state index in [1.165, 1.54) is 12.8 Å². The van der Waals surface area contributed by atoms with Crippen LogP contribution in [0, 0.1) is 5.92 Å². The smallest absolute Gasteiger partial charge is 0.246 e. The van der Waals surface area contributed by atoms with Crippen molar-refractivity contribution in [1.29, 1.82) is 0 Å². The number of hydrogen-bond acceptors (Lipinski definition) is 3. The monoisotopic (exact) mass is 287 g/mol. The van der Waals surface area contributed by atoms with E-state index in [-0.39, 0.29) is 24.9 Å². The lowest BCUT2D eigenvalue weighted by atomic mass is 9.91. The molecule has 0 radical (unpaired) electrons. The lowest BCUT2D eigenvalue weighted by molar-refractivity contribution is -0.128. The number of nitrogens with one attached hydrogen (secondary N) is 2. The number of rotatable bonds is 3. The highest BCUT2D eigenvalue weighted by molar-refractivity contribution is 6.04. The number of hydrogen-bond donors (Lipinski definition) is 2. The van der Waals surface area contributed by atoms with Crippen LogP contribution in [0.1, 0.15) is 18.4 Å². The van der Waals surface area contributed by atoms with Gasteiger partial charge in [-0.1, -0.05) is 18.2 Å². The van der Waals surface area contributed by atoms with E-state index in [2.05, 4.69) is 16.7 Å². The van der Waals surface area contributed by atoms with E-state index in [1.54, 1.807) is 4.90 Å². The Morgan fingerprint density at radius 3 is 2.90 bits per heavy atom. The van der Waals surface area contributed by atoms with Crippen molar-refractivity contribution in [2.45, 2.75) is 19.3 Å². The predicted molar refractivity (Wildman–Crippen MR) is 81.1 cm³/mol. The molecule has 2 fully saturated rings. The highest BCUT2D eigenvalue weighted by Crippen LogP contribution is 2.26. The van der Waals surface area contributed by atoms with Gasteiger partial charge in [0.1, 0.15) is 6.54 Å². The average Bonchev–Trinajstić information content (AvgIpc) is 2.51. The summed E-state index contributed by atoms with van der Waals surface area (Å²) < 4.78 is 0. The van der Waals surface area contributed by atoms with E-state index >= 15 is 0 Å². The molecule has 2 amide bonds. The van der Waals surface area contributed by atoms with Crippen molar-refractivity contribution in [3.05, 3.63) is 29.8 Å². The lowest BCUT2D eigenvalue weighted by Crippen LogP contribution is -2.52. The van der Waals surface area contributed by atoms with Crippen LogP contribution in [0.3, 0.4) is 0 Å². The Morgan fingerprint density at radius 2 is 2.10 bits per heavy atom. The first kappa shape index (κ1) is 14.1. The molecule has 1 aromatic carbocycles. The maximum absolute atomic E-state index is 12.1. The van der Waals surface area contributed by atoms with E-state index < -0.39 is 0 Å². The second kappa shape index (κ2) is 6.26. The fourth-order valence-corrected chi connectivity index (χ4v) is 3.13. The van der Waals surface area contributed by atoms with Crippen molar-refractivity contribution in [2.24, 2.45) is 5.92 Å². The molecule has 2 N–H and O–H groups in total. The second-order valence-electron chi connectivity index (χ2n) is 5.80. The molecule has 5 nitrogen and oxygen atoms in total. The Hall–Kier alpha value is -1.88. The third-order valence-electron chi connectivity index (χ3n) is 4.23. The van der Waals surface area contributed by atoms with Crippen molar-refractivity contribution in [2.75, 3.05) is 31.1 Å². The van der Waals surface area contributed by atoms with Crippen LogP contribution in [0.5, 0.6) is 0 Å². The summed E-state index contributed by atoms with van der Waals surface area (Å²) >= 11 is 0. The summed E-state index contributed by atoms with van der Waals surface area (Å²) in [4.78, 5) is 25.3. The number of carbonyl (C=O) groups excluding carboxylic acids is 2. The topological polar surface area (TPSA) is 61.4 Å². The van der Waals surface area contributed by atoms with Gasteiger partial charge in [-0.3, -0.25) is 9.59 Å². The van der Waals surface area contributed by atoms with Gasteiger partial charge in [-0.15, -0.1) is 0 Å². The number of carbonyl (C=O) groups is 2. The zero-order valence-corrected chi connectivity index (χ0v) is 12.1. The zero-order chi connectivity index (χ0) is 14.7. The molecule has 1 atom stereocenters. The highest BCUT2D eigenvalue weighted by atomic mass is 16.2. The van der Waals surface area contributed by atoms with Crippen LogP contribution >= 0.6 is 0 Å². The zero-order valence-electron chi connectivity index (χ0n) is 12.1. The number of anilines is 1. The van der Waals surface area contributed by atoms with Crippen LogP contribution in [0.25, 0.3) is 0 Å². The normalized spacial score (nSPS) is 23.0. The average molecular weight is 287 g/mol. The number of piperazine rings is 1. The molecule has 3 rings (SSSR count). The molecule has 0 bridgehead atoms. The van der Waals surface area contributed by atoms with Gasteiger partial charge in [0.2, 0.25) is 11.8 Å². The number of amides is 2. The summed E-state index contributed by atoms with van der Waals surface area (Å²) in [6.07, 6.45) is 3.38. The number of piperidine rings is 1. The summed E-state index contributed by atoms with van der Waals surface area (Å²) in [7, 11) is 0. The Morgan fingerprint density at radius 1 is 1.24 bits per heavy atom. The van der Waals surface area contributed by atoms with Gasteiger partial charge in [0.15, 0.2) is 0 Å². The van der Waals surface area contributed by atoms with E-state index in [4.69, 9.17) is 0 Å². The third-order valence-corrected chi connectivity index (χ3v) is 4.23. The summed E-state index contributed by atoms with van der Waals surface area (Å²) in [6, 6.07) is 7.95. The van der Waals surface area contributed by atoms with Crippen molar-refractivity contribution >= 4 is 17.5 Å².